The molecular formula is C8H10ClNO4S. The van der Waals surface area contributed by atoms with E-state index in [0.29, 0.717) is 0 Å². The molecule has 1 aliphatic heterocycles. The molecule has 15 heavy (non-hydrogen) atoms. The first-order valence-corrected chi connectivity index (χ1v) is 6.38. The third-order valence-corrected chi connectivity index (χ3v) is 4.06. The van der Waals surface area contributed by atoms with Crippen LogP contribution in [0.3, 0.4) is 0 Å². The molecule has 0 aromatic rings. The van der Waals surface area contributed by atoms with Gasteiger partial charge in [-0.2, -0.15) is 0 Å². The van der Waals surface area contributed by atoms with E-state index >= 15 is 0 Å². The molecule has 0 aromatic heterocycles. The van der Waals surface area contributed by atoms with Gasteiger partial charge in [0.1, 0.15) is 5.57 Å². The molecule has 7 heteroatoms. The van der Waals surface area contributed by atoms with Gasteiger partial charge in [0.05, 0.1) is 22.5 Å². The smallest absolute Gasteiger partial charge is 0.343 e. The largest absolute Gasteiger partial charge is 0.505 e. The van der Waals surface area contributed by atoms with Gasteiger partial charge in [-0.3, -0.25) is 0 Å². The van der Waals surface area contributed by atoms with Gasteiger partial charge in [0.2, 0.25) is 0 Å². The zero-order chi connectivity index (χ0) is 11.6. The van der Waals surface area contributed by atoms with Crippen LogP contribution in [0.1, 0.15) is 6.92 Å². The molecule has 0 fully saturated rings. The van der Waals surface area contributed by atoms with Gasteiger partial charge in [0.15, 0.2) is 10.1 Å². The maximum Gasteiger partial charge on any atom is 0.343 e. The SMILES string of the molecule is CCOC(=O)C1=C(O)C(Cl)=S(C)(=O)N=C1. The Labute approximate surface area is 92.5 Å². The first-order valence-electron chi connectivity index (χ1n) is 4.08. The topological polar surface area (TPSA) is 76.0 Å². The van der Waals surface area contributed by atoms with Crippen LogP contribution in [0.15, 0.2) is 15.7 Å². The second-order valence-corrected chi connectivity index (χ2v) is 5.62. The highest BCUT2D eigenvalue weighted by atomic mass is 35.5. The lowest BCUT2D eigenvalue weighted by Gasteiger charge is -2.11. The number of aliphatic hydroxyl groups excluding tert-OH is 1. The number of allylic oxidation sites excluding steroid dienone is 1. The summed E-state index contributed by atoms with van der Waals surface area (Å²) in [5.74, 6) is -1.27. The van der Waals surface area contributed by atoms with Gasteiger partial charge in [-0.1, -0.05) is 11.6 Å². The number of hydrogen-bond donors (Lipinski definition) is 1. The Hall–Kier alpha value is -1.01. The van der Waals surface area contributed by atoms with Crippen molar-refractivity contribution in [3.63, 3.8) is 0 Å². The highest BCUT2D eigenvalue weighted by Gasteiger charge is 2.24. The molecule has 0 amide bonds. The summed E-state index contributed by atoms with van der Waals surface area (Å²) in [5, 5.41) is 9.51. The number of aliphatic hydroxyl groups is 1. The van der Waals surface area contributed by atoms with E-state index in [1.54, 1.807) is 6.92 Å². The summed E-state index contributed by atoms with van der Waals surface area (Å²) < 4.78 is 19.5. The van der Waals surface area contributed by atoms with E-state index < -0.39 is 21.4 Å². The van der Waals surface area contributed by atoms with Crippen LogP contribution < -0.4 is 0 Å². The summed E-state index contributed by atoms with van der Waals surface area (Å²) in [4.78, 5) is 11.3. The van der Waals surface area contributed by atoms with Gasteiger partial charge >= 0.3 is 5.97 Å². The molecule has 0 spiro atoms. The first kappa shape index (κ1) is 12.1. The molecular weight excluding hydrogens is 242 g/mol. The van der Waals surface area contributed by atoms with Gasteiger partial charge in [0, 0.05) is 6.26 Å². The van der Waals surface area contributed by atoms with Crippen LogP contribution in [-0.2, 0) is 19.2 Å². The predicted molar refractivity (Wildman–Crippen MR) is 59.7 cm³/mol. The van der Waals surface area contributed by atoms with Gasteiger partial charge in [0.25, 0.3) is 0 Å². The van der Waals surface area contributed by atoms with Crippen molar-refractivity contribution in [2.45, 2.75) is 6.92 Å². The van der Waals surface area contributed by atoms with E-state index in [2.05, 4.69) is 9.13 Å². The molecule has 1 unspecified atom stereocenters. The Kier molecular flexibility index (Phi) is 3.41. The molecule has 0 bridgehead atoms. The summed E-state index contributed by atoms with van der Waals surface area (Å²) in [6.45, 7) is 1.80. The summed E-state index contributed by atoms with van der Waals surface area (Å²) in [5.41, 5.74) is -0.178. The highest BCUT2D eigenvalue weighted by molar-refractivity contribution is 8.03. The monoisotopic (exact) mass is 251 g/mol. The molecule has 84 valence electrons. The molecule has 0 saturated carbocycles. The van der Waals surface area contributed by atoms with Crippen molar-refractivity contribution in [3.8, 4) is 0 Å². The number of carbonyl (C=O) groups excluding carboxylic acids is 1. The minimum atomic E-state index is -2.81. The van der Waals surface area contributed by atoms with Crippen LogP contribution >= 0.6 is 11.6 Å². The van der Waals surface area contributed by atoms with Crippen LogP contribution in [0.4, 0.5) is 0 Å². The van der Waals surface area contributed by atoms with Crippen LogP contribution in [0.25, 0.3) is 0 Å². The molecule has 1 heterocycles. The van der Waals surface area contributed by atoms with E-state index in [0.717, 1.165) is 6.21 Å². The van der Waals surface area contributed by atoms with E-state index in [1.165, 1.54) is 6.26 Å². The average Bonchev–Trinajstić information content (AvgIpc) is 2.15. The zero-order valence-electron chi connectivity index (χ0n) is 8.19. The van der Waals surface area contributed by atoms with Crippen molar-refractivity contribution in [1.82, 2.24) is 0 Å². The van der Waals surface area contributed by atoms with E-state index in [1.807, 2.05) is 0 Å². The van der Waals surface area contributed by atoms with E-state index in [4.69, 9.17) is 11.6 Å². The van der Waals surface area contributed by atoms with E-state index in [-0.39, 0.29) is 16.5 Å². The van der Waals surface area contributed by atoms with Crippen molar-refractivity contribution in [3.05, 3.63) is 11.3 Å². The molecule has 1 aliphatic rings. The Morgan fingerprint density at radius 1 is 1.73 bits per heavy atom. The Bertz CT molecular complexity index is 471. The summed E-state index contributed by atoms with van der Waals surface area (Å²) in [6.07, 6.45) is 2.28. The molecule has 5 nitrogen and oxygen atoms in total. The lowest BCUT2D eigenvalue weighted by molar-refractivity contribution is -0.137. The molecule has 1 atom stereocenters. The van der Waals surface area contributed by atoms with Crippen molar-refractivity contribution in [2.24, 2.45) is 4.40 Å². The second-order valence-electron chi connectivity index (χ2n) is 2.79. The fourth-order valence-corrected chi connectivity index (χ4v) is 1.99. The van der Waals surface area contributed by atoms with Crippen LogP contribution in [0, 0.1) is 0 Å². The molecule has 1 N–H and O–H groups in total. The Balaban J connectivity index is 3.22. The maximum absolute atomic E-state index is 11.6. The molecule has 0 aliphatic carbocycles. The van der Waals surface area contributed by atoms with Crippen LogP contribution in [-0.4, -0.2) is 38.7 Å². The van der Waals surface area contributed by atoms with Crippen molar-refractivity contribution in [2.75, 3.05) is 12.9 Å². The standard InChI is InChI=1S/C8H10ClNO4S/c1-3-14-8(12)5-4-10-15(2,13)7(9)6(5)11/h4,11H,3H2,1-2H3. The fraction of sp³-hybridized carbons (Fsp3) is 0.375. The van der Waals surface area contributed by atoms with Gasteiger partial charge in [-0.15, -0.1) is 0 Å². The molecule has 0 radical (unpaired) electrons. The number of rotatable bonds is 2. The number of nitrogens with zero attached hydrogens (tertiary/aromatic N) is 1. The third-order valence-electron chi connectivity index (χ3n) is 1.65. The van der Waals surface area contributed by atoms with Crippen LogP contribution in [0.2, 0.25) is 0 Å². The zero-order valence-corrected chi connectivity index (χ0v) is 9.76. The third kappa shape index (κ3) is 2.32. The summed E-state index contributed by atoms with van der Waals surface area (Å²) in [6, 6.07) is 0. The minimum Gasteiger partial charge on any atom is -0.505 e. The Morgan fingerprint density at radius 3 is 2.87 bits per heavy atom. The van der Waals surface area contributed by atoms with Crippen molar-refractivity contribution < 1.29 is 18.8 Å². The quantitative estimate of drug-likeness (QED) is 0.444. The minimum absolute atomic E-state index is 0.169. The normalized spacial score (nSPS) is 25.7. The van der Waals surface area contributed by atoms with Crippen LogP contribution in [0.5, 0.6) is 0 Å². The van der Waals surface area contributed by atoms with Crippen molar-refractivity contribution >= 4 is 37.8 Å². The maximum atomic E-state index is 11.6. The molecule has 0 saturated heterocycles. The van der Waals surface area contributed by atoms with Gasteiger partial charge < -0.3 is 9.84 Å². The molecule has 0 aromatic carbocycles. The lowest BCUT2D eigenvalue weighted by Crippen LogP contribution is -2.21. The van der Waals surface area contributed by atoms with Gasteiger partial charge in [-0.05, 0) is 6.92 Å². The fourth-order valence-electron chi connectivity index (χ4n) is 0.904. The Morgan fingerprint density at radius 2 is 2.33 bits per heavy atom. The highest BCUT2D eigenvalue weighted by Crippen LogP contribution is 2.15. The lowest BCUT2D eigenvalue weighted by atomic mass is 10.2. The molecule has 1 rings (SSSR count). The summed E-state index contributed by atoms with van der Waals surface area (Å²) >= 11 is 5.61. The first-order chi connectivity index (χ1) is 6.90. The summed E-state index contributed by atoms with van der Waals surface area (Å²) in [7, 11) is -2.81. The average molecular weight is 252 g/mol. The van der Waals surface area contributed by atoms with E-state index in [9.17, 15) is 14.1 Å². The van der Waals surface area contributed by atoms with Crippen molar-refractivity contribution in [1.29, 1.82) is 0 Å². The second kappa shape index (κ2) is 4.24. The number of esters is 1. The van der Waals surface area contributed by atoms with Gasteiger partial charge in [-0.25, -0.2) is 13.4 Å². The number of hydrogen-bond acceptors (Lipinski definition) is 4. The number of ether oxygens (including phenoxy) is 1. The predicted octanol–water partition coefficient (Wildman–Crippen LogP) is 0.644. The number of halogens is 1. The number of carbonyl (C=O) groups is 1.